The number of carbonyl (C=O) groups is 1. The van der Waals surface area contributed by atoms with Crippen LogP contribution in [0.1, 0.15) is 10.5 Å². The van der Waals surface area contributed by atoms with Crippen molar-refractivity contribution in [2.45, 2.75) is 0 Å². The number of rotatable bonds is 3. The molecule has 3 rings (SSSR count). The quantitative estimate of drug-likeness (QED) is 0.793. The summed E-state index contributed by atoms with van der Waals surface area (Å²) in [6, 6.07) is 13.3. The fourth-order valence-corrected chi connectivity index (χ4v) is 2.28. The lowest BCUT2D eigenvalue weighted by Crippen LogP contribution is -1.96. The lowest BCUT2D eigenvalue weighted by atomic mass is 10.2. The van der Waals surface area contributed by atoms with Gasteiger partial charge in [0.05, 0.1) is 5.02 Å². The molecule has 0 spiro atoms. The van der Waals surface area contributed by atoms with Crippen molar-refractivity contribution in [2.75, 3.05) is 0 Å². The van der Waals surface area contributed by atoms with Gasteiger partial charge in [-0.2, -0.15) is 0 Å². The lowest BCUT2D eigenvalue weighted by Gasteiger charge is -2.08. The summed E-state index contributed by atoms with van der Waals surface area (Å²) in [5.41, 5.74) is 1.18. The molecule has 22 heavy (non-hydrogen) atoms. The normalized spacial score (nSPS) is 10.6. The van der Waals surface area contributed by atoms with Crippen LogP contribution in [0.5, 0.6) is 0 Å². The number of aromatic nitrogens is 2. The molecular formula is C16H10ClFN2O2. The van der Waals surface area contributed by atoms with Crippen molar-refractivity contribution in [1.82, 2.24) is 9.55 Å². The first kappa shape index (κ1) is 14.3. The van der Waals surface area contributed by atoms with E-state index in [-0.39, 0.29) is 10.7 Å². The van der Waals surface area contributed by atoms with E-state index in [2.05, 4.69) is 4.98 Å². The molecule has 4 nitrogen and oxygen atoms in total. The smallest absolute Gasteiger partial charge is 0.356 e. The summed E-state index contributed by atoms with van der Waals surface area (Å²) < 4.78 is 14.9. The number of nitrogens with zero attached hydrogens (tertiary/aromatic N) is 2. The van der Waals surface area contributed by atoms with Crippen LogP contribution in [-0.4, -0.2) is 20.6 Å². The van der Waals surface area contributed by atoms with Gasteiger partial charge in [0.25, 0.3) is 0 Å². The van der Waals surface area contributed by atoms with Crippen molar-refractivity contribution in [1.29, 1.82) is 0 Å². The zero-order chi connectivity index (χ0) is 15.7. The first-order chi connectivity index (χ1) is 10.6. The van der Waals surface area contributed by atoms with Gasteiger partial charge < -0.3 is 5.11 Å². The minimum atomic E-state index is -1.14. The summed E-state index contributed by atoms with van der Waals surface area (Å²) in [6.45, 7) is 0. The average molecular weight is 317 g/mol. The van der Waals surface area contributed by atoms with Gasteiger partial charge in [0.1, 0.15) is 11.6 Å². The van der Waals surface area contributed by atoms with E-state index in [1.807, 2.05) is 30.3 Å². The van der Waals surface area contributed by atoms with Crippen molar-refractivity contribution < 1.29 is 14.3 Å². The summed E-state index contributed by atoms with van der Waals surface area (Å²) in [5, 5.41) is 9.11. The van der Waals surface area contributed by atoms with Gasteiger partial charge in [-0.3, -0.25) is 4.57 Å². The fourth-order valence-electron chi connectivity index (χ4n) is 2.11. The van der Waals surface area contributed by atoms with E-state index >= 15 is 0 Å². The highest BCUT2D eigenvalue weighted by Gasteiger charge is 2.16. The molecule has 1 N–H and O–H groups in total. The highest BCUT2D eigenvalue weighted by atomic mass is 35.5. The predicted octanol–water partition coefficient (Wildman–Crippen LogP) is 4.03. The van der Waals surface area contributed by atoms with Gasteiger partial charge in [0.2, 0.25) is 0 Å². The van der Waals surface area contributed by atoms with Crippen LogP contribution in [0.15, 0.2) is 54.7 Å². The van der Waals surface area contributed by atoms with E-state index in [4.69, 9.17) is 16.7 Å². The number of carboxylic acids is 1. The molecule has 0 amide bonds. The van der Waals surface area contributed by atoms with Gasteiger partial charge in [-0.15, -0.1) is 0 Å². The molecule has 0 radical (unpaired) electrons. The van der Waals surface area contributed by atoms with E-state index in [1.165, 1.54) is 24.4 Å². The van der Waals surface area contributed by atoms with Gasteiger partial charge in [0, 0.05) is 17.4 Å². The van der Waals surface area contributed by atoms with E-state index < -0.39 is 11.8 Å². The molecule has 3 aromatic rings. The minimum Gasteiger partial charge on any atom is -0.476 e. The number of aromatic carboxylic acids is 1. The predicted molar refractivity (Wildman–Crippen MR) is 80.9 cm³/mol. The van der Waals surface area contributed by atoms with Gasteiger partial charge >= 0.3 is 5.97 Å². The Labute approximate surface area is 130 Å². The molecule has 0 atom stereocenters. The second kappa shape index (κ2) is 5.61. The van der Waals surface area contributed by atoms with Crippen molar-refractivity contribution >= 4 is 17.6 Å². The van der Waals surface area contributed by atoms with Crippen molar-refractivity contribution in [3.8, 4) is 17.1 Å². The lowest BCUT2D eigenvalue weighted by molar-refractivity contribution is 0.0691. The van der Waals surface area contributed by atoms with Gasteiger partial charge in [0.15, 0.2) is 5.69 Å². The topological polar surface area (TPSA) is 55.1 Å². The molecule has 0 unspecified atom stereocenters. The Hall–Kier alpha value is -2.66. The SMILES string of the molecule is O=C(O)c1cn(-c2ccc(F)c(Cl)c2)c(-c2ccccc2)n1. The third-order valence-corrected chi connectivity index (χ3v) is 3.43. The summed E-state index contributed by atoms with van der Waals surface area (Å²) in [4.78, 5) is 15.3. The molecule has 0 bridgehead atoms. The highest BCUT2D eigenvalue weighted by molar-refractivity contribution is 6.30. The fraction of sp³-hybridized carbons (Fsp3) is 0. The molecule has 110 valence electrons. The molecule has 0 saturated heterocycles. The Bertz CT molecular complexity index is 847. The van der Waals surface area contributed by atoms with Crippen LogP contribution >= 0.6 is 11.6 Å². The average Bonchev–Trinajstić information content (AvgIpc) is 2.96. The number of hydrogen-bond donors (Lipinski definition) is 1. The molecule has 0 fully saturated rings. The second-order valence-corrected chi connectivity index (χ2v) is 5.00. The van der Waals surface area contributed by atoms with Crippen molar-refractivity contribution in [3.63, 3.8) is 0 Å². The minimum absolute atomic E-state index is 0.0397. The Balaban J connectivity index is 2.21. The van der Waals surface area contributed by atoms with Crippen molar-refractivity contribution in [3.05, 3.63) is 71.3 Å². The van der Waals surface area contributed by atoms with Crippen LogP contribution in [0.3, 0.4) is 0 Å². The van der Waals surface area contributed by atoms with E-state index in [9.17, 15) is 9.18 Å². The third kappa shape index (κ3) is 2.58. The second-order valence-electron chi connectivity index (χ2n) is 4.59. The molecule has 0 saturated carbocycles. The Morgan fingerprint density at radius 2 is 1.91 bits per heavy atom. The summed E-state index contributed by atoms with van der Waals surface area (Å²) in [7, 11) is 0. The molecule has 0 aliphatic carbocycles. The number of imidazole rings is 1. The number of carboxylic acid groups (broad SMARTS) is 1. The summed E-state index contributed by atoms with van der Waals surface area (Å²) in [5.74, 6) is -1.23. The van der Waals surface area contributed by atoms with Gasteiger partial charge in [-0.25, -0.2) is 14.2 Å². The van der Waals surface area contributed by atoms with E-state index in [0.29, 0.717) is 11.5 Å². The third-order valence-electron chi connectivity index (χ3n) is 3.14. The zero-order valence-electron chi connectivity index (χ0n) is 11.2. The standard InChI is InChI=1S/C16H10ClFN2O2/c17-12-8-11(6-7-13(12)18)20-9-14(16(21)22)19-15(20)10-4-2-1-3-5-10/h1-9H,(H,21,22). The van der Waals surface area contributed by atoms with Crippen LogP contribution in [0, 0.1) is 5.82 Å². The maximum atomic E-state index is 13.3. The van der Waals surface area contributed by atoms with Crippen LogP contribution in [0.2, 0.25) is 5.02 Å². The van der Waals surface area contributed by atoms with Gasteiger partial charge in [-0.05, 0) is 18.2 Å². The van der Waals surface area contributed by atoms with Crippen LogP contribution in [0.4, 0.5) is 4.39 Å². The Kier molecular flexibility index (Phi) is 3.65. The highest BCUT2D eigenvalue weighted by Crippen LogP contribution is 2.25. The monoisotopic (exact) mass is 316 g/mol. The molecule has 0 aliphatic heterocycles. The van der Waals surface area contributed by atoms with Crippen LogP contribution in [0.25, 0.3) is 17.1 Å². The molecule has 6 heteroatoms. The van der Waals surface area contributed by atoms with Gasteiger partial charge in [-0.1, -0.05) is 41.9 Å². The molecular weight excluding hydrogens is 307 g/mol. The number of benzene rings is 2. The van der Waals surface area contributed by atoms with E-state index in [0.717, 1.165) is 5.56 Å². The summed E-state index contributed by atoms with van der Waals surface area (Å²) >= 11 is 5.81. The first-order valence-electron chi connectivity index (χ1n) is 6.40. The van der Waals surface area contributed by atoms with Crippen LogP contribution < -0.4 is 0 Å². The molecule has 1 aromatic heterocycles. The maximum absolute atomic E-state index is 13.3. The Morgan fingerprint density at radius 3 is 2.55 bits per heavy atom. The van der Waals surface area contributed by atoms with Crippen LogP contribution in [-0.2, 0) is 0 Å². The van der Waals surface area contributed by atoms with Crippen molar-refractivity contribution in [2.24, 2.45) is 0 Å². The molecule has 0 aliphatic rings. The number of hydrogen-bond acceptors (Lipinski definition) is 2. The molecule has 2 aromatic carbocycles. The first-order valence-corrected chi connectivity index (χ1v) is 6.77. The van der Waals surface area contributed by atoms with E-state index in [1.54, 1.807) is 4.57 Å². The maximum Gasteiger partial charge on any atom is 0.356 e. The molecule has 1 heterocycles. The summed E-state index contributed by atoms with van der Waals surface area (Å²) in [6.07, 6.45) is 1.38. The Morgan fingerprint density at radius 1 is 1.18 bits per heavy atom. The zero-order valence-corrected chi connectivity index (χ0v) is 12.0. The number of halogens is 2. The largest absolute Gasteiger partial charge is 0.476 e.